The molecule has 1 aliphatic rings. The van der Waals surface area contributed by atoms with Crippen molar-refractivity contribution in [2.75, 3.05) is 11.9 Å². The molecule has 0 saturated carbocycles. The van der Waals surface area contributed by atoms with Crippen LogP contribution in [0.25, 0.3) is 0 Å². The van der Waals surface area contributed by atoms with E-state index in [1.54, 1.807) is 31.2 Å². The first kappa shape index (κ1) is 21.2. The van der Waals surface area contributed by atoms with Gasteiger partial charge in [-0.05, 0) is 55.3 Å². The number of benzene rings is 2. The standard InChI is InChI=1S/C22H22FN3O4/c1-3-22(16-6-8-17(23)9-7-16)20(29)26(21(30)25-22)13-12-19(28)24-18-10-4-15(5-11-18)14(2)27/h4-11H,3,12-13H2,1-2H3,(H,24,28)(H,25,30). The molecule has 7 nitrogen and oxygen atoms in total. The van der Waals surface area contributed by atoms with Crippen LogP contribution < -0.4 is 10.6 Å². The van der Waals surface area contributed by atoms with Crippen molar-refractivity contribution in [3.05, 3.63) is 65.5 Å². The van der Waals surface area contributed by atoms with Crippen LogP contribution in [0, 0.1) is 5.82 Å². The molecular weight excluding hydrogens is 389 g/mol. The van der Waals surface area contributed by atoms with E-state index in [0.29, 0.717) is 16.8 Å². The van der Waals surface area contributed by atoms with Gasteiger partial charge < -0.3 is 10.6 Å². The summed E-state index contributed by atoms with van der Waals surface area (Å²) < 4.78 is 13.3. The van der Waals surface area contributed by atoms with Gasteiger partial charge in [-0.1, -0.05) is 19.1 Å². The molecule has 2 N–H and O–H groups in total. The molecule has 0 aliphatic carbocycles. The number of imide groups is 1. The Kier molecular flexibility index (Phi) is 5.96. The number of hydrogen-bond acceptors (Lipinski definition) is 4. The van der Waals surface area contributed by atoms with E-state index in [0.717, 1.165) is 4.90 Å². The second-order valence-electron chi connectivity index (χ2n) is 7.08. The molecule has 4 amide bonds. The SMILES string of the molecule is CCC1(c2ccc(F)cc2)NC(=O)N(CCC(=O)Nc2ccc(C(C)=O)cc2)C1=O. The number of carbonyl (C=O) groups excluding carboxylic acids is 4. The zero-order valence-electron chi connectivity index (χ0n) is 16.7. The first-order valence-electron chi connectivity index (χ1n) is 9.58. The number of urea groups is 1. The number of ketones is 1. The Hall–Kier alpha value is -3.55. The predicted octanol–water partition coefficient (Wildman–Crippen LogP) is 3.21. The summed E-state index contributed by atoms with van der Waals surface area (Å²) in [5.41, 5.74) is 0.256. The van der Waals surface area contributed by atoms with Crippen molar-refractivity contribution >= 4 is 29.3 Å². The molecule has 1 fully saturated rings. The molecule has 3 rings (SSSR count). The molecule has 0 spiro atoms. The maximum Gasteiger partial charge on any atom is 0.325 e. The van der Waals surface area contributed by atoms with Gasteiger partial charge in [0.15, 0.2) is 5.78 Å². The van der Waals surface area contributed by atoms with Gasteiger partial charge in [-0.25, -0.2) is 9.18 Å². The lowest BCUT2D eigenvalue weighted by Crippen LogP contribution is -2.43. The molecule has 0 radical (unpaired) electrons. The van der Waals surface area contributed by atoms with E-state index in [2.05, 4.69) is 10.6 Å². The minimum atomic E-state index is -1.27. The Morgan fingerprint density at radius 1 is 1.07 bits per heavy atom. The van der Waals surface area contributed by atoms with E-state index in [9.17, 15) is 23.6 Å². The number of rotatable bonds is 7. The summed E-state index contributed by atoms with van der Waals surface area (Å²) in [7, 11) is 0. The Morgan fingerprint density at radius 3 is 2.27 bits per heavy atom. The van der Waals surface area contributed by atoms with Gasteiger partial charge in [-0.15, -0.1) is 0 Å². The second-order valence-corrected chi connectivity index (χ2v) is 7.08. The number of nitrogens with zero attached hydrogens (tertiary/aromatic N) is 1. The highest BCUT2D eigenvalue weighted by atomic mass is 19.1. The minimum absolute atomic E-state index is 0.0769. The van der Waals surface area contributed by atoms with Gasteiger partial charge in [0.05, 0.1) is 0 Å². The minimum Gasteiger partial charge on any atom is -0.326 e. The van der Waals surface area contributed by atoms with Crippen LogP contribution >= 0.6 is 0 Å². The number of carbonyl (C=O) groups is 4. The fourth-order valence-electron chi connectivity index (χ4n) is 3.43. The highest BCUT2D eigenvalue weighted by molar-refractivity contribution is 6.07. The summed E-state index contributed by atoms with van der Waals surface area (Å²) in [6.45, 7) is 3.11. The van der Waals surface area contributed by atoms with Gasteiger partial charge in [0.1, 0.15) is 11.4 Å². The topological polar surface area (TPSA) is 95.6 Å². The molecule has 2 aromatic rings. The number of hydrogen-bond donors (Lipinski definition) is 2. The van der Waals surface area contributed by atoms with E-state index >= 15 is 0 Å². The van der Waals surface area contributed by atoms with Gasteiger partial charge in [0, 0.05) is 24.2 Å². The Labute approximate surface area is 173 Å². The van der Waals surface area contributed by atoms with Gasteiger partial charge in [-0.3, -0.25) is 19.3 Å². The molecule has 8 heteroatoms. The zero-order valence-corrected chi connectivity index (χ0v) is 16.7. The third kappa shape index (κ3) is 4.07. The van der Waals surface area contributed by atoms with Crippen LogP contribution in [0.4, 0.5) is 14.9 Å². The number of amides is 4. The largest absolute Gasteiger partial charge is 0.326 e. The quantitative estimate of drug-likeness (QED) is 0.540. The summed E-state index contributed by atoms with van der Waals surface area (Å²) in [5, 5.41) is 5.37. The van der Waals surface area contributed by atoms with Gasteiger partial charge >= 0.3 is 6.03 Å². The molecule has 1 heterocycles. The van der Waals surface area contributed by atoms with Crippen LogP contribution in [0.3, 0.4) is 0 Å². The van der Waals surface area contributed by atoms with Gasteiger partial charge in [0.2, 0.25) is 5.91 Å². The van der Waals surface area contributed by atoms with Crippen LogP contribution in [-0.2, 0) is 15.1 Å². The normalized spacial score (nSPS) is 18.3. The molecule has 1 saturated heterocycles. The third-order valence-corrected chi connectivity index (χ3v) is 5.18. The van der Waals surface area contributed by atoms with Crippen molar-refractivity contribution < 1.29 is 23.6 Å². The number of halogens is 1. The van der Waals surface area contributed by atoms with E-state index < -0.39 is 23.3 Å². The molecule has 0 aromatic heterocycles. The summed E-state index contributed by atoms with van der Waals surface area (Å²) in [4.78, 5) is 50.0. The van der Waals surface area contributed by atoms with Crippen molar-refractivity contribution in [2.45, 2.75) is 32.2 Å². The molecule has 2 aromatic carbocycles. The van der Waals surface area contributed by atoms with Crippen LogP contribution in [0.1, 0.15) is 42.6 Å². The van der Waals surface area contributed by atoms with Crippen molar-refractivity contribution in [3.63, 3.8) is 0 Å². The Morgan fingerprint density at radius 2 is 1.70 bits per heavy atom. The molecule has 1 aliphatic heterocycles. The lowest BCUT2D eigenvalue weighted by Gasteiger charge is -2.25. The number of Topliss-reactive ketones (excluding diaryl/α,β-unsaturated/α-hetero) is 1. The Balaban J connectivity index is 1.65. The van der Waals surface area contributed by atoms with E-state index in [4.69, 9.17) is 0 Å². The van der Waals surface area contributed by atoms with E-state index in [-0.39, 0.29) is 31.1 Å². The highest BCUT2D eigenvalue weighted by Gasteiger charge is 2.51. The molecule has 1 atom stereocenters. The summed E-state index contributed by atoms with van der Waals surface area (Å²) in [6, 6.07) is 11.2. The fraction of sp³-hybridized carbons (Fsp3) is 0.273. The fourth-order valence-corrected chi connectivity index (χ4v) is 3.43. The van der Waals surface area contributed by atoms with Crippen molar-refractivity contribution in [1.29, 1.82) is 0 Å². The third-order valence-electron chi connectivity index (χ3n) is 5.18. The second kappa shape index (κ2) is 8.44. The first-order chi connectivity index (χ1) is 14.3. The monoisotopic (exact) mass is 411 g/mol. The summed E-state index contributed by atoms with van der Waals surface area (Å²) in [6.07, 6.45) is 0.200. The zero-order chi connectivity index (χ0) is 21.9. The molecule has 156 valence electrons. The average Bonchev–Trinajstić information content (AvgIpc) is 2.97. The summed E-state index contributed by atoms with van der Waals surface area (Å²) >= 11 is 0. The maximum atomic E-state index is 13.3. The van der Waals surface area contributed by atoms with Crippen molar-refractivity contribution in [2.24, 2.45) is 0 Å². The molecule has 30 heavy (non-hydrogen) atoms. The number of anilines is 1. The van der Waals surface area contributed by atoms with Crippen molar-refractivity contribution in [1.82, 2.24) is 10.2 Å². The molecule has 1 unspecified atom stereocenters. The van der Waals surface area contributed by atoms with Crippen LogP contribution in [0.2, 0.25) is 0 Å². The average molecular weight is 411 g/mol. The lowest BCUT2D eigenvalue weighted by molar-refractivity contribution is -0.132. The van der Waals surface area contributed by atoms with Gasteiger partial charge in [-0.2, -0.15) is 0 Å². The highest BCUT2D eigenvalue weighted by Crippen LogP contribution is 2.32. The summed E-state index contributed by atoms with van der Waals surface area (Å²) in [5.74, 6) is -1.36. The van der Waals surface area contributed by atoms with Crippen molar-refractivity contribution in [3.8, 4) is 0 Å². The van der Waals surface area contributed by atoms with E-state index in [1.165, 1.54) is 31.2 Å². The van der Waals surface area contributed by atoms with Crippen LogP contribution in [0.5, 0.6) is 0 Å². The first-order valence-corrected chi connectivity index (χ1v) is 9.58. The molecule has 0 bridgehead atoms. The Bertz CT molecular complexity index is 988. The van der Waals surface area contributed by atoms with E-state index in [1.807, 2.05) is 0 Å². The predicted molar refractivity (Wildman–Crippen MR) is 108 cm³/mol. The lowest BCUT2D eigenvalue weighted by atomic mass is 9.87. The molecular formula is C22H22FN3O4. The van der Waals surface area contributed by atoms with Crippen LogP contribution in [-0.4, -0.2) is 35.1 Å². The maximum absolute atomic E-state index is 13.3. The van der Waals surface area contributed by atoms with Gasteiger partial charge in [0.25, 0.3) is 5.91 Å². The smallest absolute Gasteiger partial charge is 0.325 e. The van der Waals surface area contributed by atoms with Crippen LogP contribution in [0.15, 0.2) is 48.5 Å². The number of nitrogens with one attached hydrogen (secondary N) is 2.